The third-order valence-corrected chi connectivity index (χ3v) is 5.47. The van der Waals surface area contributed by atoms with Gasteiger partial charge in [0.2, 0.25) is 15.9 Å². The highest BCUT2D eigenvalue weighted by molar-refractivity contribution is 7.89. The Morgan fingerprint density at radius 1 is 1.35 bits per heavy atom. The summed E-state index contributed by atoms with van der Waals surface area (Å²) >= 11 is 0. The first-order chi connectivity index (χ1) is 12.5. The minimum atomic E-state index is -3.83. The fraction of sp³-hybridized carbons (Fsp3) is 0.375. The lowest BCUT2D eigenvalue weighted by Crippen LogP contribution is -2.38. The molecule has 9 nitrogen and oxygen atoms in total. The number of fused-ring (bicyclic) bond motifs is 1. The van der Waals surface area contributed by atoms with Crippen LogP contribution in [0.4, 0.5) is 0 Å². The number of nitrogens with zero attached hydrogens (tertiary/aromatic N) is 3. The number of pyridine rings is 1. The van der Waals surface area contributed by atoms with Crippen molar-refractivity contribution in [1.29, 1.82) is 0 Å². The zero-order valence-corrected chi connectivity index (χ0v) is 14.7. The molecule has 2 aromatic rings. The Labute approximate surface area is 150 Å². The smallest absolute Gasteiger partial charge is 0.243 e. The summed E-state index contributed by atoms with van der Waals surface area (Å²) in [5.74, 6) is 2.10. The SMILES string of the molecule is C#CCCC1(CCNC(=O)CNS(=O)(=O)c2c[nH]c3ncccc23)N=N1. The summed E-state index contributed by atoms with van der Waals surface area (Å²) in [4.78, 5) is 18.8. The van der Waals surface area contributed by atoms with Gasteiger partial charge in [0.1, 0.15) is 10.5 Å². The second-order valence-electron chi connectivity index (χ2n) is 5.86. The summed E-state index contributed by atoms with van der Waals surface area (Å²) in [6.07, 6.45) is 9.90. The maximum atomic E-state index is 12.4. The number of carbonyl (C=O) groups is 1. The quantitative estimate of drug-likeness (QED) is 0.564. The lowest BCUT2D eigenvalue weighted by atomic mass is 10.0. The Hall–Kier alpha value is -2.77. The number of hydrogen-bond acceptors (Lipinski definition) is 6. The summed E-state index contributed by atoms with van der Waals surface area (Å²) in [5.41, 5.74) is -0.0116. The van der Waals surface area contributed by atoms with E-state index in [9.17, 15) is 13.2 Å². The standard InChI is InChI=1S/C16H18N6O3S/c1-2-3-6-16(21-22-16)7-9-17-14(23)11-20-26(24,25)13-10-19-15-12(13)5-4-8-18-15/h1,4-5,8,10,20H,3,6-7,9,11H2,(H,17,23)(H,18,19). The predicted molar refractivity (Wildman–Crippen MR) is 94.6 cm³/mol. The van der Waals surface area contributed by atoms with Crippen molar-refractivity contribution in [2.45, 2.75) is 29.8 Å². The Morgan fingerprint density at radius 2 is 2.15 bits per heavy atom. The number of terminal acetylenes is 1. The number of rotatable bonds is 9. The molecule has 3 heterocycles. The summed E-state index contributed by atoms with van der Waals surface area (Å²) in [5, 5.41) is 11.1. The Balaban J connectivity index is 1.49. The van der Waals surface area contributed by atoms with Crippen molar-refractivity contribution in [3.63, 3.8) is 0 Å². The maximum Gasteiger partial charge on any atom is 0.243 e. The van der Waals surface area contributed by atoms with Crippen LogP contribution in [0.5, 0.6) is 0 Å². The molecule has 3 N–H and O–H groups in total. The molecule has 0 aromatic carbocycles. The highest BCUT2D eigenvalue weighted by atomic mass is 32.2. The van der Waals surface area contributed by atoms with E-state index in [0.717, 1.165) is 0 Å². The molecule has 0 atom stereocenters. The molecular weight excluding hydrogens is 356 g/mol. The van der Waals surface area contributed by atoms with Crippen LogP contribution in [0.3, 0.4) is 0 Å². The molecule has 1 aliphatic heterocycles. The number of amides is 1. The van der Waals surface area contributed by atoms with Crippen LogP contribution in [0.15, 0.2) is 39.7 Å². The first kappa shape index (κ1) is 18.0. The number of hydrogen-bond donors (Lipinski definition) is 3. The van der Waals surface area contributed by atoms with E-state index in [1.54, 1.807) is 18.3 Å². The third kappa shape index (κ3) is 4.07. The summed E-state index contributed by atoms with van der Waals surface area (Å²) < 4.78 is 27.1. The van der Waals surface area contributed by atoms with Crippen LogP contribution in [-0.4, -0.2) is 43.0 Å². The van der Waals surface area contributed by atoms with Crippen LogP contribution < -0.4 is 10.0 Å². The monoisotopic (exact) mass is 374 g/mol. The van der Waals surface area contributed by atoms with Gasteiger partial charge in [0.25, 0.3) is 0 Å². The highest BCUT2D eigenvalue weighted by Gasteiger charge is 2.38. The minimum Gasteiger partial charge on any atom is -0.355 e. The van der Waals surface area contributed by atoms with E-state index in [0.29, 0.717) is 36.8 Å². The van der Waals surface area contributed by atoms with Gasteiger partial charge in [-0.3, -0.25) is 4.79 Å². The molecule has 10 heteroatoms. The molecule has 3 rings (SSSR count). The second kappa shape index (κ2) is 7.23. The predicted octanol–water partition coefficient (Wildman–Crippen LogP) is 0.923. The molecule has 26 heavy (non-hydrogen) atoms. The number of aromatic nitrogens is 2. The minimum absolute atomic E-state index is 0.0530. The fourth-order valence-corrected chi connectivity index (χ4v) is 3.67. The van der Waals surface area contributed by atoms with E-state index >= 15 is 0 Å². The first-order valence-corrected chi connectivity index (χ1v) is 9.50. The molecule has 0 saturated heterocycles. The molecule has 0 radical (unpaired) electrons. The average Bonchev–Trinajstić information content (AvgIpc) is 3.25. The molecule has 2 aromatic heterocycles. The summed E-state index contributed by atoms with van der Waals surface area (Å²) in [7, 11) is -3.83. The largest absolute Gasteiger partial charge is 0.355 e. The molecule has 0 bridgehead atoms. The van der Waals surface area contributed by atoms with Gasteiger partial charge in [0.15, 0.2) is 5.66 Å². The molecule has 0 unspecified atom stereocenters. The normalized spacial score (nSPS) is 14.9. The lowest BCUT2D eigenvalue weighted by Gasteiger charge is -2.10. The number of sulfonamides is 1. The van der Waals surface area contributed by atoms with Crippen LogP contribution in [-0.2, 0) is 14.8 Å². The van der Waals surface area contributed by atoms with Crippen molar-refractivity contribution in [2.24, 2.45) is 10.2 Å². The fourth-order valence-electron chi connectivity index (χ4n) is 2.52. The van der Waals surface area contributed by atoms with Crippen molar-refractivity contribution in [1.82, 2.24) is 20.0 Å². The molecule has 1 amide bonds. The van der Waals surface area contributed by atoms with Gasteiger partial charge in [-0.2, -0.15) is 10.2 Å². The molecular formula is C16H18N6O3S. The van der Waals surface area contributed by atoms with E-state index in [4.69, 9.17) is 6.42 Å². The van der Waals surface area contributed by atoms with Crippen molar-refractivity contribution in [2.75, 3.05) is 13.1 Å². The van der Waals surface area contributed by atoms with Gasteiger partial charge >= 0.3 is 0 Å². The molecule has 136 valence electrons. The van der Waals surface area contributed by atoms with E-state index in [1.807, 2.05) is 0 Å². The molecule has 0 saturated carbocycles. The van der Waals surface area contributed by atoms with Gasteiger partial charge in [0.05, 0.1) is 6.54 Å². The third-order valence-electron chi connectivity index (χ3n) is 4.03. The van der Waals surface area contributed by atoms with Gasteiger partial charge < -0.3 is 10.3 Å². The number of H-pyrrole nitrogens is 1. The number of aromatic amines is 1. The number of nitrogens with one attached hydrogen (secondary N) is 3. The van der Waals surface area contributed by atoms with Gasteiger partial charge in [-0.15, -0.1) is 12.3 Å². The summed E-state index contributed by atoms with van der Waals surface area (Å²) in [6.45, 7) is -0.0178. The van der Waals surface area contributed by atoms with Gasteiger partial charge in [0, 0.05) is 43.6 Å². The van der Waals surface area contributed by atoms with E-state index < -0.39 is 21.6 Å². The topological polar surface area (TPSA) is 129 Å². The van der Waals surface area contributed by atoms with Gasteiger partial charge in [-0.1, -0.05) is 0 Å². The van der Waals surface area contributed by atoms with Crippen LogP contribution in [0.1, 0.15) is 19.3 Å². The van der Waals surface area contributed by atoms with E-state index in [1.165, 1.54) is 6.20 Å². The number of carbonyl (C=O) groups excluding carboxylic acids is 1. The zero-order valence-electron chi connectivity index (χ0n) is 13.9. The maximum absolute atomic E-state index is 12.4. The van der Waals surface area contributed by atoms with E-state index in [2.05, 4.69) is 36.2 Å². The van der Waals surface area contributed by atoms with Crippen LogP contribution >= 0.6 is 0 Å². The Kier molecular flexibility index (Phi) is 5.01. The van der Waals surface area contributed by atoms with Crippen molar-refractivity contribution in [3.8, 4) is 12.3 Å². The van der Waals surface area contributed by atoms with Crippen molar-refractivity contribution >= 4 is 27.0 Å². The zero-order chi connectivity index (χ0) is 18.6. The Morgan fingerprint density at radius 3 is 2.88 bits per heavy atom. The van der Waals surface area contributed by atoms with E-state index in [-0.39, 0.29) is 11.4 Å². The van der Waals surface area contributed by atoms with Crippen molar-refractivity contribution < 1.29 is 13.2 Å². The summed E-state index contributed by atoms with van der Waals surface area (Å²) in [6, 6.07) is 3.29. The van der Waals surface area contributed by atoms with Crippen molar-refractivity contribution in [3.05, 3.63) is 24.5 Å². The molecule has 0 spiro atoms. The first-order valence-electron chi connectivity index (χ1n) is 8.02. The Bertz CT molecular complexity index is 983. The molecule has 1 aliphatic rings. The average molecular weight is 374 g/mol. The van der Waals surface area contributed by atoms with Crippen LogP contribution in [0, 0.1) is 12.3 Å². The highest BCUT2D eigenvalue weighted by Crippen LogP contribution is 2.35. The van der Waals surface area contributed by atoms with Crippen LogP contribution in [0.25, 0.3) is 11.0 Å². The lowest BCUT2D eigenvalue weighted by molar-refractivity contribution is -0.119. The van der Waals surface area contributed by atoms with Crippen LogP contribution in [0.2, 0.25) is 0 Å². The second-order valence-corrected chi connectivity index (χ2v) is 7.60. The molecule has 0 aliphatic carbocycles. The molecule has 0 fully saturated rings. The van der Waals surface area contributed by atoms with Gasteiger partial charge in [-0.25, -0.2) is 18.1 Å². The van der Waals surface area contributed by atoms with Gasteiger partial charge in [-0.05, 0) is 12.1 Å².